The molecule has 4 heterocycles. The lowest BCUT2D eigenvalue weighted by Gasteiger charge is -2.17. The molecule has 0 aliphatic heterocycles. The molecular formula is C20H22N6O2S. The number of amides is 1. The van der Waals surface area contributed by atoms with Crippen LogP contribution < -0.4 is 0 Å². The maximum absolute atomic E-state index is 13.4. The highest BCUT2D eigenvalue weighted by Crippen LogP contribution is 2.33. The number of nitrogens with zero attached hydrogens (tertiary/aromatic N) is 6. The van der Waals surface area contributed by atoms with Gasteiger partial charge < -0.3 is 14.0 Å². The van der Waals surface area contributed by atoms with E-state index in [1.165, 1.54) is 4.88 Å². The van der Waals surface area contributed by atoms with Crippen molar-refractivity contribution in [3.05, 3.63) is 44.8 Å². The second kappa shape index (κ2) is 7.07. The van der Waals surface area contributed by atoms with Crippen LogP contribution in [0.15, 0.2) is 16.7 Å². The van der Waals surface area contributed by atoms with Gasteiger partial charge >= 0.3 is 0 Å². The van der Waals surface area contributed by atoms with E-state index < -0.39 is 0 Å². The molecule has 4 rings (SSSR count). The molecule has 0 aromatic carbocycles. The molecule has 0 spiro atoms. The average molecular weight is 411 g/mol. The Morgan fingerprint density at radius 1 is 1.21 bits per heavy atom. The van der Waals surface area contributed by atoms with Crippen molar-refractivity contribution < 1.29 is 9.32 Å². The van der Waals surface area contributed by atoms with Gasteiger partial charge in [-0.1, -0.05) is 5.16 Å². The van der Waals surface area contributed by atoms with Gasteiger partial charge in [0.2, 0.25) is 0 Å². The summed E-state index contributed by atoms with van der Waals surface area (Å²) in [6.07, 6.45) is 0. The molecule has 150 valence electrons. The lowest BCUT2D eigenvalue weighted by molar-refractivity contribution is 0.0782. The monoisotopic (exact) mass is 410 g/mol. The van der Waals surface area contributed by atoms with Crippen LogP contribution in [0.25, 0.3) is 22.4 Å². The number of hydrogen-bond acceptors (Lipinski definition) is 7. The van der Waals surface area contributed by atoms with Gasteiger partial charge in [-0.25, -0.2) is 4.98 Å². The highest BCUT2D eigenvalue weighted by Gasteiger charge is 2.23. The van der Waals surface area contributed by atoms with E-state index in [0.717, 1.165) is 22.1 Å². The van der Waals surface area contributed by atoms with Crippen LogP contribution >= 0.6 is 11.3 Å². The Morgan fingerprint density at radius 2 is 1.97 bits per heavy atom. The molecule has 8 nitrogen and oxygen atoms in total. The number of pyridine rings is 1. The summed E-state index contributed by atoms with van der Waals surface area (Å²) in [6, 6.07) is 3.92. The summed E-state index contributed by atoms with van der Waals surface area (Å²) in [5, 5.41) is 12.9. The zero-order chi connectivity index (χ0) is 20.9. The minimum absolute atomic E-state index is 0.143. The molecule has 4 aromatic heterocycles. The fraction of sp³-hybridized carbons (Fsp3) is 0.350. The van der Waals surface area contributed by atoms with Gasteiger partial charge in [-0.2, -0.15) is 0 Å². The largest absolute Gasteiger partial charge is 0.335 e. The number of carbonyl (C=O) groups is 1. The first-order valence-corrected chi connectivity index (χ1v) is 10.0. The first-order chi connectivity index (χ1) is 13.8. The third-order valence-corrected chi connectivity index (χ3v) is 6.04. The molecule has 0 radical (unpaired) electrons. The maximum atomic E-state index is 13.4. The molecule has 0 fully saturated rings. The summed E-state index contributed by atoms with van der Waals surface area (Å²) in [5.74, 6) is 1.37. The van der Waals surface area contributed by atoms with Crippen molar-refractivity contribution in [2.75, 3.05) is 7.05 Å². The van der Waals surface area contributed by atoms with Gasteiger partial charge in [0.15, 0.2) is 5.82 Å². The minimum atomic E-state index is -0.143. The molecule has 0 saturated carbocycles. The third-order valence-electron chi connectivity index (χ3n) is 5.07. The molecule has 0 aliphatic rings. The van der Waals surface area contributed by atoms with Gasteiger partial charge in [0, 0.05) is 29.4 Å². The smallest absolute Gasteiger partial charge is 0.259 e. The van der Waals surface area contributed by atoms with Crippen LogP contribution in [0, 0.1) is 27.7 Å². The first kappa shape index (κ1) is 19.3. The van der Waals surface area contributed by atoms with Crippen LogP contribution in [0.2, 0.25) is 0 Å². The number of thiophene rings is 1. The molecule has 29 heavy (non-hydrogen) atoms. The van der Waals surface area contributed by atoms with Crippen LogP contribution in [0.3, 0.4) is 0 Å². The van der Waals surface area contributed by atoms with Gasteiger partial charge in [-0.15, -0.1) is 21.5 Å². The van der Waals surface area contributed by atoms with Crippen LogP contribution in [-0.2, 0) is 13.6 Å². The van der Waals surface area contributed by atoms with Crippen molar-refractivity contribution in [2.45, 2.75) is 34.2 Å². The number of fused-ring (bicyclic) bond motifs is 1. The van der Waals surface area contributed by atoms with Gasteiger partial charge in [-0.05, 0) is 39.8 Å². The molecule has 0 bridgehead atoms. The summed E-state index contributed by atoms with van der Waals surface area (Å²) in [7, 11) is 3.64. The Balaban J connectivity index is 1.79. The SMILES string of the molecule is Cc1cc(-c2cc(C(=O)N(C)Cc3nnc(C)n3C)c3c(C)noc3n2)c(C)s1. The van der Waals surface area contributed by atoms with E-state index in [0.29, 0.717) is 34.6 Å². The Hall–Kier alpha value is -3.07. The third kappa shape index (κ3) is 3.31. The molecule has 0 aliphatic carbocycles. The zero-order valence-corrected chi connectivity index (χ0v) is 18.1. The van der Waals surface area contributed by atoms with E-state index in [2.05, 4.69) is 40.3 Å². The van der Waals surface area contributed by atoms with Gasteiger partial charge in [0.25, 0.3) is 11.6 Å². The second-order valence-electron chi connectivity index (χ2n) is 7.21. The van der Waals surface area contributed by atoms with E-state index >= 15 is 0 Å². The Bertz CT molecular complexity index is 1240. The van der Waals surface area contributed by atoms with Crippen LogP contribution in [-0.4, -0.2) is 42.8 Å². The molecule has 1 amide bonds. The lowest BCUT2D eigenvalue weighted by Crippen LogP contribution is -2.28. The molecular weight excluding hydrogens is 388 g/mol. The van der Waals surface area contributed by atoms with Crippen molar-refractivity contribution in [1.29, 1.82) is 0 Å². The molecule has 9 heteroatoms. The molecule has 0 N–H and O–H groups in total. The maximum Gasteiger partial charge on any atom is 0.259 e. The Morgan fingerprint density at radius 3 is 2.59 bits per heavy atom. The van der Waals surface area contributed by atoms with E-state index in [9.17, 15) is 4.79 Å². The second-order valence-corrected chi connectivity index (χ2v) is 8.67. The summed E-state index contributed by atoms with van der Waals surface area (Å²) in [4.78, 5) is 22.0. The summed E-state index contributed by atoms with van der Waals surface area (Å²) in [5.41, 5.74) is 3.25. The van der Waals surface area contributed by atoms with Crippen molar-refractivity contribution in [3.63, 3.8) is 0 Å². The van der Waals surface area contributed by atoms with Crippen molar-refractivity contribution in [1.82, 2.24) is 29.8 Å². The van der Waals surface area contributed by atoms with Crippen LogP contribution in [0.5, 0.6) is 0 Å². The fourth-order valence-electron chi connectivity index (χ4n) is 3.36. The number of aryl methyl sites for hydroxylation is 4. The van der Waals surface area contributed by atoms with Crippen LogP contribution in [0.1, 0.15) is 37.5 Å². The van der Waals surface area contributed by atoms with Crippen molar-refractivity contribution in [2.24, 2.45) is 7.05 Å². The molecule has 0 saturated heterocycles. The lowest BCUT2D eigenvalue weighted by atomic mass is 10.0. The van der Waals surface area contributed by atoms with Crippen LogP contribution in [0.4, 0.5) is 0 Å². The average Bonchev–Trinajstić information content (AvgIpc) is 3.33. The number of aromatic nitrogens is 5. The van der Waals surface area contributed by atoms with Crippen molar-refractivity contribution >= 4 is 28.3 Å². The highest BCUT2D eigenvalue weighted by atomic mass is 32.1. The first-order valence-electron chi connectivity index (χ1n) is 9.21. The predicted molar refractivity (Wildman–Crippen MR) is 111 cm³/mol. The summed E-state index contributed by atoms with van der Waals surface area (Å²) < 4.78 is 7.29. The summed E-state index contributed by atoms with van der Waals surface area (Å²) >= 11 is 1.70. The quantitative estimate of drug-likeness (QED) is 0.511. The Labute approximate surface area is 172 Å². The van der Waals surface area contributed by atoms with Gasteiger partial charge in [0.05, 0.1) is 28.9 Å². The van der Waals surface area contributed by atoms with E-state index in [4.69, 9.17) is 4.52 Å². The van der Waals surface area contributed by atoms with E-state index in [1.54, 1.807) is 23.3 Å². The predicted octanol–water partition coefficient (Wildman–Crippen LogP) is 3.59. The molecule has 4 aromatic rings. The summed E-state index contributed by atoms with van der Waals surface area (Å²) in [6.45, 7) is 8.14. The highest BCUT2D eigenvalue weighted by molar-refractivity contribution is 7.12. The standard InChI is InChI=1S/C20H22N6O2S/c1-10-7-14(12(3)29-10)16-8-15(18-11(2)24-28-19(18)21-16)20(27)25(5)9-17-23-22-13(4)26(17)6/h7-8H,9H2,1-6H3. The number of rotatable bonds is 4. The Kier molecular flexibility index (Phi) is 4.70. The van der Waals surface area contributed by atoms with Crippen molar-refractivity contribution in [3.8, 4) is 11.3 Å². The molecule has 0 atom stereocenters. The van der Waals surface area contributed by atoms with E-state index in [-0.39, 0.29) is 5.91 Å². The van der Waals surface area contributed by atoms with Gasteiger partial charge in [0.1, 0.15) is 5.82 Å². The minimum Gasteiger partial charge on any atom is -0.335 e. The zero-order valence-electron chi connectivity index (χ0n) is 17.3. The number of carbonyl (C=O) groups excluding carboxylic acids is 1. The fourth-order valence-corrected chi connectivity index (χ4v) is 4.30. The molecule has 0 unspecified atom stereocenters. The normalized spacial score (nSPS) is 11.4. The topological polar surface area (TPSA) is 89.9 Å². The van der Waals surface area contributed by atoms with Gasteiger partial charge in [-0.3, -0.25) is 4.79 Å². The number of hydrogen-bond donors (Lipinski definition) is 0. The van der Waals surface area contributed by atoms with E-state index in [1.807, 2.05) is 31.5 Å².